The van der Waals surface area contributed by atoms with Crippen LogP contribution < -0.4 is 5.32 Å². The zero-order valence-corrected chi connectivity index (χ0v) is 19.1. The van der Waals surface area contributed by atoms with E-state index in [0.717, 1.165) is 16.8 Å². The van der Waals surface area contributed by atoms with Crippen molar-refractivity contribution in [2.24, 2.45) is 0 Å². The van der Waals surface area contributed by atoms with Gasteiger partial charge in [0.25, 0.3) is 5.91 Å². The topological polar surface area (TPSA) is 67.2 Å². The smallest absolute Gasteiger partial charge is 0.258 e. The second kappa shape index (κ2) is 10.4. The molecule has 0 bridgehead atoms. The van der Waals surface area contributed by atoms with Crippen molar-refractivity contribution < 1.29 is 14.0 Å². The van der Waals surface area contributed by atoms with Crippen LogP contribution in [0.15, 0.2) is 48.5 Å². The minimum atomic E-state index is -0.330. The minimum absolute atomic E-state index is 0.0783. The Kier molecular flexibility index (Phi) is 7.64. The van der Waals surface area contributed by atoms with Crippen LogP contribution in [-0.2, 0) is 17.9 Å². The zero-order valence-electron chi connectivity index (χ0n) is 18.4. The highest BCUT2D eigenvalue weighted by Crippen LogP contribution is 2.20. The maximum atomic E-state index is 13.2. The molecule has 0 atom stereocenters. The van der Waals surface area contributed by atoms with Crippen molar-refractivity contribution in [3.8, 4) is 0 Å². The van der Waals surface area contributed by atoms with Gasteiger partial charge in [0.2, 0.25) is 5.91 Å². The largest absolute Gasteiger partial charge is 0.350 e. The summed E-state index contributed by atoms with van der Waals surface area (Å²) in [5.41, 5.74) is 3.50. The molecule has 0 aliphatic heterocycles. The lowest BCUT2D eigenvalue weighted by Gasteiger charge is -2.20. The number of carbonyl (C=O) groups is 2. The van der Waals surface area contributed by atoms with Gasteiger partial charge in [0, 0.05) is 23.8 Å². The number of hydrogen-bond acceptors (Lipinski definition) is 3. The lowest BCUT2D eigenvalue weighted by molar-refractivity contribution is -0.121. The number of rotatable bonds is 8. The number of hydrogen-bond donors (Lipinski definition) is 1. The van der Waals surface area contributed by atoms with Crippen LogP contribution >= 0.6 is 11.6 Å². The summed E-state index contributed by atoms with van der Waals surface area (Å²) in [5.74, 6) is -0.864. The Bertz CT molecular complexity index is 1110. The molecule has 0 saturated heterocycles. The number of nitrogens with one attached hydrogen (secondary N) is 1. The lowest BCUT2D eigenvalue weighted by atomic mass is 10.1. The highest BCUT2D eigenvalue weighted by atomic mass is 35.5. The van der Waals surface area contributed by atoms with Gasteiger partial charge in [0.15, 0.2) is 0 Å². The molecule has 8 heteroatoms. The molecule has 1 heterocycles. The van der Waals surface area contributed by atoms with Crippen molar-refractivity contribution >= 4 is 23.4 Å². The molecular formula is C24H26ClFN4O2. The van der Waals surface area contributed by atoms with E-state index >= 15 is 0 Å². The summed E-state index contributed by atoms with van der Waals surface area (Å²) in [7, 11) is 0. The van der Waals surface area contributed by atoms with E-state index in [0.29, 0.717) is 29.4 Å². The summed E-state index contributed by atoms with van der Waals surface area (Å²) in [6, 6.07) is 13.4. The second-order valence-corrected chi connectivity index (χ2v) is 7.92. The molecule has 32 heavy (non-hydrogen) atoms. The third kappa shape index (κ3) is 5.53. The summed E-state index contributed by atoms with van der Waals surface area (Å²) in [5, 5.41) is 7.94. The molecule has 3 aromatic rings. The highest BCUT2D eigenvalue weighted by Gasteiger charge is 2.24. The molecule has 168 valence electrons. The predicted octanol–water partition coefficient (Wildman–Crippen LogP) is 4.12. The van der Waals surface area contributed by atoms with Crippen molar-refractivity contribution in [1.82, 2.24) is 20.0 Å². The predicted molar refractivity (Wildman–Crippen MR) is 122 cm³/mol. The van der Waals surface area contributed by atoms with Gasteiger partial charge in [-0.25, -0.2) is 4.39 Å². The minimum Gasteiger partial charge on any atom is -0.350 e. The van der Waals surface area contributed by atoms with E-state index < -0.39 is 0 Å². The Labute approximate surface area is 192 Å². The quantitative estimate of drug-likeness (QED) is 0.554. The Hall–Kier alpha value is -3.19. The van der Waals surface area contributed by atoms with Crippen LogP contribution in [0.3, 0.4) is 0 Å². The molecular weight excluding hydrogens is 431 g/mol. The zero-order chi connectivity index (χ0) is 23.3. The maximum Gasteiger partial charge on any atom is 0.258 e. The first kappa shape index (κ1) is 23.5. The number of likely N-dealkylation sites (N-methyl/N-ethyl adjacent to an activating group) is 1. The summed E-state index contributed by atoms with van der Waals surface area (Å²) in [6.45, 7) is 6.45. The fourth-order valence-corrected chi connectivity index (χ4v) is 3.66. The molecule has 0 unspecified atom stereocenters. The number of amides is 2. The summed E-state index contributed by atoms with van der Waals surface area (Å²) >= 11 is 6.27. The van der Waals surface area contributed by atoms with Gasteiger partial charge in [0.05, 0.1) is 24.3 Å². The normalized spacial score (nSPS) is 10.8. The number of nitrogens with zero attached hydrogens (tertiary/aromatic N) is 3. The third-order valence-corrected chi connectivity index (χ3v) is 5.65. The second-order valence-electron chi connectivity index (χ2n) is 7.52. The van der Waals surface area contributed by atoms with E-state index in [2.05, 4.69) is 10.4 Å². The van der Waals surface area contributed by atoms with E-state index in [1.165, 1.54) is 17.0 Å². The summed E-state index contributed by atoms with van der Waals surface area (Å²) in [6.07, 6.45) is 0. The van der Waals surface area contributed by atoms with Crippen molar-refractivity contribution in [2.45, 2.75) is 33.9 Å². The fraction of sp³-hybridized carbons (Fsp3) is 0.292. The first-order chi connectivity index (χ1) is 15.3. The van der Waals surface area contributed by atoms with Crippen molar-refractivity contribution in [3.05, 3.63) is 87.4 Å². The summed E-state index contributed by atoms with van der Waals surface area (Å²) < 4.78 is 14.8. The van der Waals surface area contributed by atoms with Crippen LogP contribution in [0.5, 0.6) is 0 Å². The molecule has 0 aliphatic rings. The average molecular weight is 457 g/mol. The Balaban J connectivity index is 1.69. The average Bonchev–Trinajstić information content (AvgIpc) is 3.05. The van der Waals surface area contributed by atoms with Crippen LogP contribution in [0.25, 0.3) is 0 Å². The number of aromatic nitrogens is 2. The molecule has 0 aliphatic carbocycles. The maximum absolute atomic E-state index is 13.2. The highest BCUT2D eigenvalue weighted by molar-refractivity contribution is 6.31. The van der Waals surface area contributed by atoms with Crippen LogP contribution in [0, 0.1) is 19.7 Å². The van der Waals surface area contributed by atoms with Gasteiger partial charge in [0.1, 0.15) is 5.82 Å². The van der Waals surface area contributed by atoms with Crippen LogP contribution in [0.2, 0.25) is 5.02 Å². The van der Waals surface area contributed by atoms with Crippen molar-refractivity contribution in [3.63, 3.8) is 0 Å². The van der Waals surface area contributed by atoms with Crippen molar-refractivity contribution in [1.29, 1.82) is 0 Å². The van der Waals surface area contributed by atoms with Gasteiger partial charge in [-0.05, 0) is 50.1 Å². The Morgan fingerprint density at radius 1 is 1.12 bits per heavy atom. The van der Waals surface area contributed by atoms with Gasteiger partial charge >= 0.3 is 0 Å². The van der Waals surface area contributed by atoms with Crippen LogP contribution in [0.1, 0.15) is 39.8 Å². The Morgan fingerprint density at radius 2 is 1.81 bits per heavy atom. The molecule has 0 radical (unpaired) electrons. The van der Waals surface area contributed by atoms with E-state index in [9.17, 15) is 14.0 Å². The molecule has 2 amide bonds. The van der Waals surface area contributed by atoms with Gasteiger partial charge in [-0.1, -0.05) is 41.9 Å². The van der Waals surface area contributed by atoms with E-state index in [1.807, 2.05) is 38.1 Å². The van der Waals surface area contributed by atoms with E-state index in [4.69, 9.17) is 11.6 Å². The third-order valence-electron chi connectivity index (χ3n) is 5.28. The standard InChI is InChI=1S/C24H26ClFN4O2/c1-4-29(15-22(31)27-13-18-9-11-20(26)12-10-18)24(32)23-16(2)28-30(17(23)3)14-19-7-5-6-8-21(19)25/h5-12H,4,13-15H2,1-3H3,(H,27,31). The lowest BCUT2D eigenvalue weighted by Crippen LogP contribution is -2.40. The molecule has 1 aromatic heterocycles. The van der Waals surface area contributed by atoms with E-state index in [1.54, 1.807) is 23.7 Å². The number of carbonyl (C=O) groups excluding carboxylic acids is 2. The summed E-state index contributed by atoms with van der Waals surface area (Å²) in [4.78, 5) is 27.1. The monoisotopic (exact) mass is 456 g/mol. The first-order valence-electron chi connectivity index (χ1n) is 10.4. The molecule has 0 spiro atoms. The molecule has 0 fully saturated rings. The van der Waals surface area contributed by atoms with Crippen LogP contribution in [0.4, 0.5) is 4.39 Å². The molecule has 2 aromatic carbocycles. The fourth-order valence-electron chi connectivity index (χ4n) is 3.47. The van der Waals surface area contributed by atoms with Crippen molar-refractivity contribution in [2.75, 3.05) is 13.1 Å². The van der Waals surface area contributed by atoms with Crippen LogP contribution in [-0.4, -0.2) is 39.6 Å². The molecule has 6 nitrogen and oxygen atoms in total. The molecule has 0 saturated carbocycles. The van der Waals surface area contributed by atoms with E-state index in [-0.39, 0.29) is 30.7 Å². The molecule has 3 rings (SSSR count). The number of halogens is 2. The van der Waals surface area contributed by atoms with Gasteiger partial charge in [-0.15, -0.1) is 0 Å². The van der Waals surface area contributed by atoms with Gasteiger partial charge in [-0.3, -0.25) is 14.3 Å². The number of aryl methyl sites for hydroxylation is 1. The first-order valence-corrected chi connectivity index (χ1v) is 10.8. The van der Waals surface area contributed by atoms with Gasteiger partial charge in [-0.2, -0.15) is 5.10 Å². The molecule has 1 N–H and O–H groups in total. The number of benzene rings is 2. The van der Waals surface area contributed by atoms with Gasteiger partial charge < -0.3 is 10.2 Å². The SMILES string of the molecule is CCN(CC(=O)NCc1ccc(F)cc1)C(=O)c1c(C)nn(Cc2ccccc2Cl)c1C. The Morgan fingerprint density at radius 3 is 2.47 bits per heavy atom.